The third kappa shape index (κ3) is 5.71. The predicted molar refractivity (Wildman–Crippen MR) is 83.3 cm³/mol. The van der Waals surface area contributed by atoms with E-state index in [1.165, 1.54) is 0 Å². The molecule has 1 rings (SSSR count). The SMILES string of the molecule is CC(C)(C)CC(=O)N1CSCC1C(=O)NCC(C)(C)N. The van der Waals surface area contributed by atoms with E-state index in [9.17, 15) is 9.59 Å². The number of rotatable bonds is 4. The zero-order chi connectivity index (χ0) is 15.6. The predicted octanol–water partition coefficient (Wildman–Crippen LogP) is 1.18. The van der Waals surface area contributed by atoms with Crippen molar-refractivity contribution in [2.75, 3.05) is 18.2 Å². The Hall–Kier alpha value is -0.750. The van der Waals surface area contributed by atoms with Crippen LogP contribution in [0.25, 0.3) is 0 Å². The van der Waals surface area contributed by atoms with E-state index in [-0.39, 0.29) is 23.3 Å². The number of hydrogen-bond donors (Lipinski definition) is 2. The minimum absolute atomic E-state index is 0.0506. The molecule has 0 aromatic heterocycles. The van der Waals surface area contributed by atoms with Crippen LogP contribution in [0.1, 0.15) is 41.0 Å². The molecule has 0 saturated carbocycles. The van der Waals surface area contributed by atoms with Gasteiger partial charge in [-0.3, -0.25) is 9.59 Å². The van der Waals surface area contributed by atoms with Crippen molar-refractivity contribution in [3.8, 4) is 0 Å². The third-order valence-electron chi connectivity index (χ3n) is 2.91. The van der Waals surface area contributed by atoms with Crippen molar-refractivity contribution in [1.82, 2.24) is 10.2 Å². The minimum Gasteiger partial charge on any atom is -0.352 e. The van der Waals surface area contributed by atoms with Gasteiger partial charge < -0.3 is 16.0 Å². The summed E-state index contributed by atoms with van der Waals surface area (Å²) in [6.45, 7) is 10.2. The van der Waals surface area contributed by atoms with E-state index in [1.54, 1.807) is 16.7 Å². The van der Waals surface area contributed by atoms with Crippen LogP contribution in [0.3, 0.4) is 0 Å². The van der Waals surface area contributed by atoms with Crippen molar-refractivity contribution in [2.24, 2.45) is 11.1 Å². The smallest absolute Gasteiger partial charge is 0.243 e. The second-order valence-electron chi connectivity index (χ2n) is 7.32. The van der Waals surface area contributed by atoms with Gasteiger partial charge in [0, 0.05) is 24.3 Å². The molecule has 0 aromatic carbocycles. The van der Waals surface area contributed by atoms with Crippen molar-refractivity contribution < 1.29 is 9.59 Å². The molecule has 116 valence electrons. The molecule has 0 bridgehead atoms. The lowest BCUT2D eigenvalue weighted by atomic mass is 9.91. The van der Waals surface area contributed by atoms with E-state index in [0.717, 1.165) is 0 Å². The van der Waals surface area contributed by atoms with Crippen LogP contribution in [-0.2, 0) is 9.59 Å². The quantitative estimate of drug-likeness (QED) is 0.817. The van der Waals surface area contributed by atoms with Crippen LogP contribution in [0.15, 0.2) is 0 Å². The van der Waals surface area contributed by atoms with Gasteiger partial charge in [-0.15, -0.1) is 11.8 Å². The molecule has 1 saturated heterocycles. The number of thioether (sulfide) groups is 1. The molecule has 5 nitrogen and oxygen atoms in total. The van der Waals surface area contributed by atoms with Crippen LogP contribution in [0, 0.1) is 5.41 Å². The van der Waals surface area contributed by atoms with Gasteiger partial charge in [-0.1, -0.05) is 20.8 Å². The Bertz CT molecular complexity index is 372. The van der Waals surface area contributed by atoms with Gasteiger partial charge in [-0.05, 0) is 19.3 Å². The number of nitrogens with one attached hydrogen (secondary N) is 1. The third-order valence-corrected chi connectivity index (χ3v) is 3.92. The second kappa shape index (κ2) is 6.35. The highest BCUT2D eigenvalue weighted by Gasteiger charge is 2.36. The second-order valence-corrected chi connectivity index (χ2v) is 8.32. The van der Waals surface area contributed by atoms with Crippen molar-refractivity contribution in [1.29, 1.82) is 0 Å². The Labute approximate surface area is 126 Å². The van der Waals surface area contributed by atoms with Gasteiger partial charge in [0.2, 0.25) is 11.8 Å². The zero-order valence-corrected chi connectivity index (χ0v) is 14.0. The molecule has 2 amide bonds. The standard InChI is InChI=1S/C14H27N3O2S/c1-13(2,3)6-11(18)17-9-20-7-10(17)12(19)16-8-14(4,5)15/h10H,6-9,15H2,1-5H3,(H,16,19). The Morgan fingerprint density at radius 3 is 2.40 bits per heavy atom. The van der Waals surface area contributed by atoms with Crippen LogP contribution in [0.2, 0.25) is 0 Å². The highest BCUT2D eigenvalue weighted by atomic mass is 32.2. The lowest BCUT2D eigenvalue weighted by Crippen LogP contribution is -2.52. The van der Waals surface area contributed by atoms with Crippen LogP contribution in [0.4, 0.5) is 0 Å². The summed E-state index contributed by atoms with van der Waals surface area (Å²) < 4.78 is 0. The fourth-order valence-corrected chi connectivity index (χ4v) is 3.07. The summed E-state index contributed by atoms with van der Waals surface area (Å²) >= 11 is 1.62. The monoisotopic (exact) mass is 301 g/mol. The van der Waals surface area contributed by atoms with Gasteiger partial charge >= 0.3 is 0 Å². The van der Waals surface area contributed by atoms with Crippen molar-refractivity contribution in [2.45, 2.75) is 52.6 Å². The van der Waals surface area contributed by atoms with E-state index in [4.69, 9.17) is 5.73 Å². The maximum Gasteiger partial charge on any atom is 0.243 e. The van der Waals surface area contributed by atoms with E-state index < -0.39 is 5.54 Å². The zero-order valence-electron chi connectivity index (χ0n) is 13.2. The van der Waals surface area contributed by atoms with Crippen LogP contribution < -0.4 is 11.1 Å². The molecular weight excluding hydrogens is 274 g/mol. The lowest BCUT2D eigenvalue weighted by molar-refractivity contribution is -0.139. The summed E-state index contributed by atoms with van der Waals surface area (Å²) in [5.41, 5.74) is 5.35. The summed E-state index contributed by atoms with van der Waals surface area (Å²) in [6.07, 6.45) is 0.458. The fourth-order valence-electron chi connectivity index (χ4n) is 1.89. The van der Waals surface area contributed by atoms with Gasteiger partial charge in [-0.25, -0.2) is 0 Å². The van der Waals surface area contributed by atoms with Crippen molar-refractivity contribution in [3.63, 3.8) is 0 Å². The normalized spacial score (nSPS) is 20.1. The molecule has 1 atom stereocenters. The number of carbonyl (C=O) groups excluding carboxylic acids is 2. The first-order valence-electron chi connectivity index (χ1n) is 6.93. The maximum atomic E-state index is 12.3. The van der Waals surface area contributed by atoms with Gasteiger partial charge in [0.25, 0.3) is 0 Å². The molecule has 1 fully saturated rings. The minimum atomic E-state index is -0.443. The Morgan fingerprint density at radius 1 is 1.30 bits per heavy atom. The maximum absolute atomic E-state index is 12.3. The summed E-state index contributed by atoms with van der Waals surface area (Å²) in [4.78, 5) is 26.2. The topological polar surface area (TPSA) is 75.4 Å². The highest BCUT2D eigenvalue weighted by molar-refractivity contribution is 7.99. The average molecular weight is 301 g/mol. The van der Waals surface area contributed by atoms with Gasteiger partial charge in [0.1, 0.15) is 6.04 Å². The average Bonchev–Trinajstić information content (AvgIpc) is 2.71. The Morgan fingerprint density at radius 2 is 1.90 bits per heavy atom. The molecule has 0 aliphatic carbocycles. The van der Waals surface area contributed by atoms with E-state index in [0.29, 0.717) is 24.6 Å². The van der Waals surface area contributed by atoms with Crippen LogP contribution in [-0.4, -0.2) is 46.5 Å². The van der Waals surface area contributed by atoms with Crippen LogP contribution in [0.5, 0.6) is 0 Å². The summed E-state index contributed by atoms with van der Waals surface area (Å²) in [7, 11) is 0. The number of hydrogen-bond acceptors (Lipinski definition) is 4. The summed E-state index contributed by atoms with van der Waals surface area (Å²) in [6, 6.07) is -0.364. The first kappa shape index (κ1) is 17.3. The Kier molecular flexibility index (Phi) is 5.49. The summed E-state index contributed by atoms with van der Waals surface area (Å²) in [5.74, 6) is 1.21. The van der Waals surface area contributed by atoms with Crippen molar-refractivity contribution in [3.05, 3.63) is 0 Å². The van der Waals surface area contributed by atoms with Gasteiger partial charge in [0.15, 0.2) is 0 Å². The fraction of sp³-hybridized carbons (Fsp3) is 0.857. The molecule has 0 aromatic rings. The number of nitrogens with zero attached hydrogens (tertiary/aromatic N) is 1. The first-order chi connectivity index (χ1) is 8.99. The number of carbonyl (C=O) groups is 2. The molecule has 6 heteroatoms. The van der Waals surface area contributed by atoms with Crippen LogP contribution >= 0.6 is 11.8 Å². The van der Waals surface area contributed by atoms with E-state index >= 15 is 0 Å². The number of amides is 2. The molecule has 3 N–H and O–H groups in total. The highest BCUT2D eigenvalue weighted by Crippen LogP contribution is 2.26. The molecule has 0 spiro atoms. The molecule has 1 unspecified atom stereocenters. The molecular formula is C14H27N3O2S. The molecule has 20 heavy (non-hydrogen) atoms. The van der Waals surface area contributed by atoms with Gasteiger partial charge in [-0.2, -0.15) is 0 Å². The summed E-state index contributed by atoms with van der Waals surface area (Å²) in [5, 5.41) is 2.84. The molecule has 1 heterocycles. The largest absolute Gasteiger partial charge is 0.352 e. The number of nitrogens with two attached hydrogens (primary N) is 1. The molecule has 1 aliphatic rings. The molecule has 1 aliphatic heterocycles. The molecule has 0 radical (unpaired) electrons. The van der Waals surface area contributed by atoms with E-state index in [2.05, 4.69) is 5.32 Å². The Balaban J connectivity index is 2.60. The first-order valence-corrected chi connectivity index (χ1v) is 8.09. The van der Waals surface area contributed by atoms with E-state index in [1.807, 2.05) is 34.6 Å². The van der Waals surface area contributed by atoms with Crippen molar-refractivity contribution >= 4 is 23.6 Å². The lowest BCUT2D eigenvalue weighted by Gasteiger charge is -2.28. The van der Waals surface area contributed by atoms with Gasteiger partial charge in [0.05, 0.1) is 5.88 Å².